The summed E-state index contributed by atoms with van der Waals surface area (Å²) in [4.78, 5) is 14.9. The lowest BCUT2D eigenvalue weighted by Gasteiger charge is -2.50. The van der Waals surface area contributed by atoms with Crippen molar-refractivity contribution >= 4 is 28.4 Å². The molecule has 2 unspecified atom stereocenters. The SMILES string of the molecule is Cc1ncco1.Cc1sc2c(c1C)C(c1ccc(N3CC(O)(CC4CCN(c5ccc(C6c7ccc(O)cc7CCC6c6ccccc6)cc5)CC4)C3)cc1)=NCc1nnc(C)n1-2. The van der Waals surface area contributed by atoms with Crippen molar-refractivity contribution in [3.05, 3.63) is 171 Å². The number of β-amino-alcohol motifs (C(OH)–C–C–N with tert-alkyl or cyclic N) is 1. The van der Waals surface area contributed by atoms with Crippen LogP contribution in [0.25, 0.3) is 5.00 Å². The minimum atomic E-state index is -0.645. The van der Waals surface area contributed by atoms with Gasteiger partial charge in [0.1, 0.15) is 29.4 Å². The van der Waals surface area contributed by atoms with E-state index in [1.165, 1.54) is 43.9 Å². The fraction of sp³-hybridized carbons (Fsp3) is 0.346. The van der Waals surface area contributed by atoms with Crippen LogP contribution in [0.5, 0.6) is 5.75 Å². The van der Waals surface area contributed by atoms with E-state index in [1.54, 1.807) is 30.7 Å². The molecule has 3 aliphatic heterocycles. The van der Waals surface area contributed by atoms with Crippen molar-refractivity contribution in [3.63, 3.8) is 0 Å². The number of thiophene rings is 1. The normalized spacial score (nSPS) is 19.2. The third-order valence-corrected chi connectivity index (χ3v) is 15.0. The van der Waals surface area contributed by atoms with Crippen molar-refractivity contribution in [1.29, 1.82) is 0 Å². The maximum Gasteiger partial charge on any atom is 0.190 e. The fourth-order valence-electron chi connectivity index (χ4n) is 10.5. The van der Waals surface area contributed by atoms with Gasteiger partial charge in [-0.15, -0.1) is 21.5 Å². The minimum absolute atomic E-state index is 0.255. The van der Waals surface area contributed by atoms with Gasteiger partial charge in [-0.1, -0.05) is 60.7 Å². The minimum Gasteiger partial charge on any atom is -0.508 e. The average molecular weight is 858 g/mol. The first-order valence-corrected chi connectivity index (χ1v) is 23.1. The van der Waals surface area contributed by atoms with Gasteiger partial charge in [0.2, 0.25) is 0 Å². The molecule has 2 N–H and O–H groups in total. The Hall–Kier alpha value is -6.04. The van der Waals surface area contributed by atoms with E-state index in [0.29, 0.717) is 37.2 Å². The third-order valence-electron chi connectivity index (χ3n) is 13.8. The zero-order valence-electron chi connectivity index (χ0n) is 36.5. The zero-order valence-corrected chi connectivity index (χ0v) is 37.4. The highest BCUT2D eigenvalue weighted by atomic mass is 32.1. The molecule has 0 spiro atoms. The molecule has 1 aliphatic carbocycles. The largest absolute Gasteiger partial charge is 0.508 e. The van der Waals surface area contributed by atoms with Crippen molar-refractivity contribution in [3.8, 4) is 10.8 Å². The second-order valence-electron chi connectivity index (χ2n) is 17.9. The summed E-state index contributed by atoms with van der Waals surface area (Å²) in [6.07, 6.45) is 8.25. The van der Waals surface area contributed by atoms with Crippen LogP contribution in [0.2, 0.25) is 0 Å². The number of aromatic nitrogens is 4. The van der Waals surface area contributed by atoms with Crippen LogP contribution in [-0.4, -0.2) is 67.5 Å². The van der Waals surface area contributed by atoms with Gasteiger partial charge in [0.25, 0.3) is 0 Å². The number of benzene rings is 4. The number of oxazole rings is 1. The van der Waals surface area contributed by atoms with E-state index >= 15 is 0 Å². The van der Waals surface area contributed by atoms with Crippen molar-refractivity contribution in [1.82, 2.24) is 19.7 Å². The number of aromatic hydroxyl groups is 1. The fourth-order valence-corrected chi connectivity index (χ4v) is 11.7. The van der Waals surface area contributed by atoms with Gasteiger partial charge >= 0.3 is 0 Å². The van der Waals surface area contributed by atoms with E-state index in [1.807, 2.05) is 19.1 Å². The van der Waals surface area contributed by atoms with Crippen LogP contribution in [0.3, 0.4) is 0 Å². The van der Waals surface area contributed by atoms with E-state index in [4.69, 9.17) is 9.41 Å². The van der Waals surface area contributed by atoms with E-state index in [0.717, 1.165) is 84.7 Å². The molecule has 2 fully saturated rings. The van der Waals surface area contributed by atoms with E-state index < -0.39 is 5.60 Å². The van der Waals surface area contributed by atoms with E-state index in [2.05, 4.69) is 128 Å². The highest BCUT2D eigenvalue weighted by Crippen LogP contribution is 2.47. The van der Waals surface area contributed by atoms with Crippen LogP contribution in [0.1, 0.15) is 98.9 Å². The number of hydrogen-bond donors (Lipinski definition) is 2. The van der Waals surface area contributed by atoms with Crippen LogP contribution < -0.4 is 9.80 Å². The van der Waals surface area contributed by atoms with Crippen molar-refractivity contribution < 1.29 is 14.6 Å². The topological polar surface area (TPSA) is 116 Å². The highest BCUT2D eigenvalue weighted by molar-refractivity contribution is 7.15. The van der Waals surface area contributed by atoms with Gasteiger partial charge in [-0.25, -0.2) is 4.98 Å². The molecule has 0 radical (unpaired) electrons. The summed E-state index contributed by atoms with van der Waals surface area (Å²) in [5.74, 6) is 4.01. The van der Waals surface area contributed by atoms with Gasteiger partial charge in [0.05, 0.1) is 17.5 Å². The molecule has 4 aromatic carbocycles. The van der Waals surface area contributed by atoms with Gasteiger partial charge in [-0.05, 0) is 129 Å². The number of phenols is 1. The number of nitrogens with zero attached hydrogens (tertiary/aromatic N) is 7. The Morgan fingerprint density at radius 2 is 1.54 bits per heavy atom. The van der Waals surface area contributed by atoms with Gasteiger partial charge in [-0.2, -0.15) is 0 Å². The van der Waals surface area contributed by atoms with Crippen LogP contribution in [0.15, 0.2) is 119 Å². The molecule has 322 valence electrons. The highest BCUT2D eigenvalue weighted by Gasteiger charge is 2.43. The Kier molecular flexibility index (Phi) is 11.0. The van der Waals surface area contributed by atoms with E-state index in [9.17, 15) is 10.2 Å². The van der Waals surface area contributed by atoms with Gasteiger partial charge in [-0.3, -0.25) is 9.56 Å². The lowest BCUT2D eigenvalue weighted by Crippen LogP contribution is -2.63. The summed E-state index contributed by atoms with van der Waals surface area (Å²) in [5, 5.41) is 31.8. The Labute approximate surface area is 373 Å². The number of aryl methyl sites for hydroxylation is 4. The zero-order chi connectivity index (χ0) is 43.2. The Balaban J connectivity index is 0.000000727. The molecule has 0 bridgehead atoms. The molecule has 0 amide bonds. The standard InChI is InChI=1S/C48H50N6O2S.C4H5NO/c1-30-31(2)57-47-44(30)46(49-27-43-51-50-32(3)54(43)47)36-11-16-39(17-12-36)53-28-48(56,29-53)26-33-21-23-52(24-22-33)38-14-9-35(10-15-38)45-41(34-7-5-4-6-8-34)19-13-37-25-40(55)18-20-42(37)45;1-4-5-2-3-6-4/h4-12,14-18,20,25,33,41,45,55-56H,13,19,21-24,26-29H2,1-3H3;2-3H,1H3. The molecule has 2 atom stereocenters. The summed E-state index contributed by atoms with van der Waals surface area (Å²) < 4.78 is 6.89. The molecule has 3 aromatic heterocycles. The number of aliphatic imine (C=N–C) groups is 1. The lowest BCUT2D eigenvalue weighted by molar-refractivity contribution is -0.0133. The second-order valence-corrected chi connectivity index (χ2v) is 19.2. The quantitative estimate of drug-likeness (QED) is 0.163. The van der Waals surface area contributed by atoms with Crippen LogP contribution in [0, 0.1) is 33.6 Å². The predicted octanol–water partition coefficient (Wildman–Crippen LogP) is 10.0. The molecular weight excluding hydrogens is 803 g/mol. The molecule has 4 aliphatic rings. The van der Waals surface area contributed by atoms with Gasteiger partial charge in [0, 0.05) is 66.4 Å². The number of phenolic OH excluding ortho intramolecular Hbond substituents is 1. The average Bonchev–Trinajstić information content (AvgIpc) is 3.98. The third kappa shape index (κ3) is 8.09. The molecule has 63 heavy (non-hydrogen) atoms. The molecule has 6 heterocycles. The van der Waals surface area contributed by atoms with Crippen LogP contribution in [-0.2, 0) is 13.0 Å². The maximum absolute atomic E-state index is 11.6. The summed E-state index contributed by atoms with van der Waals surface area (Å²) >= 11 is 1.78. The number of aliphatic hydroxyl groups is 1. The first kappa shape index (κ1) is 41.0. The summed E-state index contributed by atoms with van der Waals surface area (Å²) in [6, 6.07) is 34.9. The summed E-state index contributed by atoms with van der Waals surface area (Å²) in [6.45, 7) is 12.0. The lowest BCUT2D eigenvalue weighted by atomic mass is 9.69. The number of rotatable bonds is 7. The second kappa shape index (κ2) is 16.9. The maximum atomic E-state index is 11.6. The molecule has 10 nitrogen and oxygen atoms in total. The molecule has 2 saturated heterocycles. The molecular formula is C52H55N7O3S. The summed E-state index contributed by atoms with van der Waals surface area (Å²) in [5.41, 5.74) is 11.6. The van der Waals surface area contributed by atoms with Gasteiger partial charge < -0.3 is 24.4 Å². The smallest absolute Gasteiger partial charge is 0.190 e. The van der Waals surface area contributed by atoms with E-state index in [-0.39, 0.29) is 5.92 Å². The Morgan fingerprint density at radius 1 is 0.810 bits per heavy atom. The number of anilines is 2. The summed E-state index contributed by atoms with van der Waals surface area (Å²) in [7, 11) is 0. The van der Waals surface area contributed by atoms with Crippen molar-refractivity contribution in [2.24, 2.45) is 10.9 Å². The first-order chi connectivity index (χ1) is 30.6. The van der Waals surface area contributed by atoms with Crippen LogP contribution >= 0.6 is 11.3 Å². The van der Waals surface area contributed by atoms with Gasteiger partial charge in [0.15, 0.2) is 11.7 Å². The number of hydrogen-bond acceptors (Lipinski definition) is 10. The number of fused-ring (bicyclic) bond motifs is 4. The Morgan fingerprint density at radius 3 is 2.24 bits per heavy atom. The van der Waals surface area contributed by atoms with Crippen molar-refractivity contribution in [2.45, 2.75) is 83.8 Å². The molecule has 0 saturated carbocycles. The van der Waals surface area contributed by atoms with Crippen LogP contribution in [0.4, 0.5) is 11.4 Å². The number of piperidine rings is 1. The first-order valence-electron chi connectivity index (χ1n) is 22.3. The molecule has 11 rings (SSSR count). The molecule has 11 heteroatoms. The predicted molar refractivity (Wildman–Crippen MR) is 251 cm³/mol. The monoisotopic (exact) mass is 857 g/mol. The molecule has 7 aromatic rings. The van der Waals surface area contributed by atoms with Crippen molar-refractivity contribution in [2.75, 3.05) is 36.0 Å². The Bertz CT molecular complexity index is 2730.